The number of fused-ring (bicyclic) bond motifs is 6. The smallest absolute Gasteiger partial charge is 0.345 e. The number of nitrogens with zero attached hydrogens (tertiary/aromatic N) is 2. The van der Waals surface area contributed by atoms with E-state index in [1.807, 2.05) is 18.2 Å². The van der Waals surface area contributed by atoms with Crippen LogP contribution in [0.1, 0.15) is 16.7 Å². The normalized spacial score (nSPS) is 18.4. The minimum atomic E-state index is -1.81. The van der Waals surface area contributed by atoms with Gasteiger partial charge in [0.25, 0.3) is 0 Å². The molecule has 3 aromatic carbocycles. The third-order valence-corrected chi connectivity index (χ3v) is 6.76. The zero-order valence-corrected chi connectivity index (χ0v) is 18.9. The number of amides is 1. The van der Waals surface area contributed by atoms with Crippen LogP contribution < -0.4 is 21.0 Å². The van der Waals surface area contributed by atoms with Gasteiger partial charge in [-0.2, -0.15) is 5.26 Å². The number of ether oxygens (including phenoxy) is 1. The number of rotatable bonds is 2. The van der Waals surface area contributed by atoms with E-state index in [4.69, 9.17) is 26.5 Å². The number of carbonyl (C=O) groups is 1. The molecule has 0 saturated heterocycles. The Morgan fingerprint density at radius 1 is 1.00 bits per heavy atom. The summed E-state index contributed by atoms with van der Waals surface area (Å²) in [5, 5.41) is 11.2. The first-order valence-corrected chi connectivity index (χ1v) is 11.1. The average molecular weight is 482 g/mol. The molecule has 4 aromatic rings. The van der Waals surface area contributed by atoms with Gasteiger partial charge in [-0.25, -0.2) is 4.79 Å². The number of benzene rings is 3. The van der Waals surface area contributed by atoms with Crippen LogP contribution in [0.25, 0.3) is 11.0 Å². The molecule has 7 nitrogen and oxygen atoms in total. The largest absolute Gasteiger partial charge is 0.439 e. The van der Waals surface area contributed by atoms with Gasteiger partial charge in [0.1, 0.15) is 22.8 Å². The van der Waals surface area contributed by atoms with Gasteiger partial charge in [-0.1, -0.05) is 54.1 Å². The number of nitriles is 1. The van der Waals surface area contributed by atoms with E-state index in [1.165, 1.54) is 0 Å². The molecule has 6 rings (SSSR count). The van der Waals surface area contributed by atoms with Gasteiger partial charge < -0.3 is 19.8 Å². The molecule has 1 spiro atoms. The first-order valence-electron chi connectivity index (χ1n) is 10.8. The van der Waals surface area contributed by atoms with Gasteiger partial charge in [-0.05, 0) is 35.9 Å². The highest BCUT2D eigenvalue weighted by atomic mass is 35.5. The lowest BCUT2D eigenvalue weighted by molar-refractivity contribution is -0.121. The van der Waals surface area contributed by atoms with E-state index in [2.05, 4.69) is 0 Å². The number of hydrogen-bond acceptors (Lipinski definition) is 6. The van der Waals surface area contributed by atoms with Crippen LogP contribution in [0.5, 0.6) is 5.75 Å². The predicted octanol–water partition coefficient (Wildman–Crippen LogP) is 4.37. The molecule has 0 unspecified atom stereocenters. The van der Waals surface area contributed by atoms with E-state index in [-0.39, 0.29) is 34.9 Å². The lowest BCUT2D eigenvalue weighted by atomic mass is 9.69. The lowest BCUT2D eigenvalue weighted by Crippen LogP contribution is -2.48. The summed E-state index contributed by atoms with van der Waals surface area (Å²) in [6.45, 7) is 0.197. The fraction of sp³-hybridized carbons (Fsp3) is 0.0741. The molecule has 3 heterocycles. The number of para-hydroxylation sites is 2. The molecule has 8 heteroatoms. The zero-order valence-electron chi connectivity index (χ0n) is 18.1. The van der Waals surface area contributed by atoms with E-state index >= 15 is 0 Å². The molecule has 0 saturated carbocycles. The topological polar surface area (TPSA) is 110 Å². The van der Waals surface area contributed by atoms with E-state index in [0.717, 1.165) is 5.56 Å². The standard InChI is InChI=1S/C27H16ClN3O4/c28-16-11-9-15(10-12-16)14-31-20-7-3-2-6-18(20)27(26(31)33)19(13-29)24(30)35-23-17-5-1-4-8-21(17)34-25(32)22(23)27/h1-12H,14,30H2/t27-/m1/s1. The van der Waals surface area contributed by atoms with Crippen molar-refractivity contribution in [1.29, 1.82) is 5.26 Å². The van der Waals surface area contributed by atoms with Crippen molar-refractivity contribution in [2.24, 2.45) is 5.73 Å². The highest BCUT2D eigenvalue weighted by Gasteiger charge is 2.61. The molecule has 0 fully saturated rings. The maximum atomic E-state index is 14.4. The van der Waals surface area contributed by atoms with Crippen molar-refractivity contribution in [1.82, 2.24) is 0 Å². The van der Waals surface area contributed by atoms with Gasteiger partial charge in [0.05, 0.1) is 11.9 Å². The monoisotopic (exact) mass is 481 g/mol. The van der Waals surface area contributed by atoms with Gasteiger partial charge in [-0.15, -0.1) is 0 Å². The number of nitrogens with two attached hydrogens (primary N) is 1. The van der Waals surface area contributed by atoms with E-state index in [1.54, 1.807) is 65.6 Å². The predicted molar refractivity (Wildman–Crippen MR) is 130 cm³/mol. The van der Waals surface area contributed by atoms with Crippen molar-refractivity contribution in [3.8, 4) is 11.8 Å². The second-order valence-corrected chi connectivity index (χ2v) is 8.76. The fourth-order valence-corrected chi connectivity index (χ4v) is 5.15. The van der Waals surface area contributed by atoms with Crippen LogP contribution in [0.4, 0.5) is 5.69 Å². The minimum absolute atomic E-state index is 0.0574. The quantitative estimate of drug-likeness (QED) is 0.426. The Bertz CT molecular complexity index is 1680. The maximum Gasteiger partial charge on any atom is 0.345 e. The van der Waals surface area contributed by atoms with Crippen molar-refractivity contribution in [3.05, 3.63) is 116 Å². The Balaban J connectivity index is 1.68. The Hall–Kier alpha value is -4.54. The molecule has 0 aliphatic carbocycles. The summed E-state index contributed by atoms with van der Waals surface area (Å²) >= 11 is 6.03. The van der Waals surface area contributed by atoms with Crippen molar-refractivity contribution in [3.63, 3.8) is 0 Å². The lowest BCUT2D eigenvalue weighted by Gasteiger charge is -2.33. The Kier molecular flexibility index (Phi) is 4.50. The van der Waals surface area contributed by atoms with Crippen molar-refractivity contribution in [2.75, 3.05) is 4.90 Å². The molecular formula is C27H16ClN3O4. The molecule has 0 bridgehead atoms. The second-order valence-electron chi connectivity index (χ2n) is 8.33. The minimum Gasteiger partial charge on any atom is -0.439 e. The van der Waals surface area contributed by atoms with E-state index < -0.39 is 16.9 Å². The Morgan fingerprint density at radius 2 is 1.71 bits per heavy atom. The van der Waals surface area contributed by atoms with Gasteiger partial charge in [0, 0.05) is 16.3 Å². The highest BCUT2D eigenvalue weighted by molar-refractivity contribution is 6.30. The average Bonchev–Trinajstić information content (AvgIpc) is 3.09. The van der Waals surface area contributed by atoms with E-state index in [0.29, 0.717) is 21.7 Å². The molecule has 1 aromatic heterocycles. The molecule has 1 amide bonds. The van der Waals surface area contributed by atoms with Crippen LogP contribution in [0.15, 0.2) is 93.5 Å². The summed E-state index contributed by atoms with van der Waals surface area (Å²) in [4.78, 5) is 29.4. The Labute approximate surface area is 204 Å². The molecule has 2 aliphatic rings. The van der Waals surface area contributed by atoms with Gasteiger partial charge in [-0.3, -0.25) is 4.79 Å². The first kappa shape index (κ1) is 21.0. The summed E-state index contributed by atoms with van der Waals surface area (Å²) < 4.78 is 11.4. The van der Waals surface area contributed by atoms with Crippen LogP contribution in [0.2, 0.25) is 5.02 Å². The molecule has 2 N–H and O–H groups in total. The third-order valence-electron chi connectivity index (χ3n) is 6.50. The zero-order chi connectivity index (χ0) is 24.3. The summed E-state index contributed by atoms with van der Waals surface area (Å²) in [5.41, 5.74) is 5.61. The van der Waals surface area contributed by atoms with Crippen molar-refractivity contribution >= 4 is 34.2 Å². The molecule has 1 atom stereocenters. The number of hydrogen-bond donors (Lipinski definition) is 1. The highest BCUT2D eigenvalue weighted by Crippen LogP contribution is 2.55. The number of carbonyl (C=O) groups excluding carboxylic acids is 1. The van der Waals surface area contributed by atoms with Gasteiger partial charge in [0.15, 0.2) is 11.2 Å². The van der Waals surface area contributed by atoms with Crippen LogP contribution in [0.3, 0.4) is 0 Å². The summed E-state index contributed by atoms with van der Waals surface area (Å²) in [6.07, 6.45) is 0. The van der Waals surface area contributed by atoms with Crippen LogP contribution in [0, 0.1) is 11.3 Å². The number of halogens is 1. The van der Waals surface area contributed by atoms with Crippen LogP contribution in [-0.4, -0.2) is 5.91 Å². The van der Waals surface area contributed by atoms with Crippen LogP contribution in [-0.2, 0) is 16.8 Å². The van der Waals surface area contributed by atoms with Crippen molar-refractivity contribution < 1.29 is 13.9 Å². The van der Waals surface area contributed by atoms with Crippen molar-refractivity contribution in [2.45, 2.75) is 12.0 Å². The molecule has 2 aliphatic heterocycles. The van der Waals surface area contributed by atoms with Crippen LogP contribution >= 0.6 is 11.6 Å². The van der Waals surface area contributed by atoms with E-state index in [9.17, 15) is 14.9 Å². The second kappa shape index (κ2) is 7.49. The van der Waals surface area contributed by atoms with Gasteiger partial charge in [0.2, 0.25) is 11.8 Å². The summed E-state index contributed by atoms with van der Waals surface area (Å²) in [7, 11) is 0. The third kappa shape index (κ3) is 2.78. The molecule has 170 valence electrons. The Morgan fingerprint density at radius 3 is 2.49 bits per heavy atom. The van der Waals surface area contributed by atoms with Gasteiger partial charge >= 0.3 is 5.63 Å². The first-order chi connectivity index (χ1) is 17.0. The summed E-state index contributed by atoms with van der Waals surface area (Å²) in [5.74, 6) is -0.600. The fourth-order valence-electron chi connectivity index (χ4n) is 5.03. The molecule has 0 radical (unpaired) electrons. The molecular weight excluding hydrogens is 466 g/mol. The number of anilines is 1. The SMILES string of the molecule is N#CC1=C(N)Oc2c(c(=O)oc3ccccc23)[C@]12C(=O)N(Cc1ccc(Cl)cc1)c1ccccc12. The maximum absolute atomic E-state index is 14.4. The summed E-state index contributed by atoms with van der Waals surface area (Å²) in [6, 6.07) is 23.0. The molecule has 35 heavy (non-hydrogen) atoms.